The van der Waals surface area contributed by atoms with Crippen molar-refractivity contribution in [1.82, 2.24) is 0 Å². The van der Waals surface area contributed by atoms with Crippen LogP contribution in [0, 0.1) is 6.07 Å². The van der Waals surface area contributed by atoms with E-state index in [0.29, 0.717) is 0 Å². The fourth-order valence-corrected chi connectivity index (χ4v) is 0.573. The second-order valence-corrected chi connectivity index (χ2v) is 1.78. The molecule has 0 spiro atoms. The Bertz CT molecular complexity index is 227. The number of hydrogen-bond acceptors (Lipinski definition) is 1. The predicted octanol–water partition coefficient (Wildman–Crippen LogP) is 3.27. The van der Waals surface area contributed by atoms with E-state index in [9.17, 15) is 13.2 Å². The van der Waals surface area contributed by atoms with Gasteiger partial charge in [-0.15, -0.1) is 25.3 Å². The first-order valence-corrected chi connectivity index (χ1v) is 12.1. The first-order valence-electron chi connectivity index (χ1n) is 3.06. The van der Waals surface area contributed by atoms with Crippen LogP contribution in [0.15, 0.2) is 24.3 Å². The van der Waals surface area contributed by atoms with Crippen molar-refractivity contribution in [1.29, 1.82) is 0 Å². The molecule has 0 N–H and O–H groups in total. The minimum atomic E-state index is -4.61. The van der Waals surface area contributed by atoms with Gasteiger partial charge in [-0.05, 0) is 0 Å². The summed E-state index contributed by atoms with van der Waals surface area (Å²) >= 11 is 3.62. The summed E-state index contributed by atoms with van der Waals surface area (Å²) in [5, 5.41) is 0. The number of ether oxygens (including phenoxy) is 1. The zero-order valence-corrected chi connectivity index (χ0v) is 11.6. The zero-order valence-electron chi connectivity index (χ0n) is 6.44. The van der Waals surface area contributed by atoms with Crippen LogP contribution in [-0.4, -0.2) is 6.36 Å². The molecule has 1 rings (SSSR count). The van der Waals surface area contributed by atoms with Crippen molar-refractivity contribution >= 4 is 19.8 Å². The van der Waals surface area contributed by atoms with Gasteiger partial charge in [0.25, 0.3) is 0 Å². The molecule has 0 bridgehead atoms. The van der Waals surface area contributed by atoms with E-state index in [4.69, 9.17) is 0 Å². The second-order valence-electron chi connectivity index (χ2n) is 1.78. The minimum absolute atomic E-state index is 0.226. The van der Waals surface area contributed by atoms with E-state index in [1.165, 1.54) is 39.1 Å². The fraction of sp³-hybridized carbons (Fsp3) is 0.143. The molecule has 0 heterocycles. The first-order chi connectivity index (χ1) is 6.08. The van der Waals surface area contributed by atoms with E-state index >= 15 is 0 Å². The SMILES string of the molecule is FC(F)(F)Oc1cc[c-]cc1.[Zn+][I]. The quantitative estimate of drug-likeness (QED) is 0.428. The number of halogens is 4. The van der Waals surface area contributed by atoms with Crippen LogP contribution in [0.2, 0.25) is 0 Å². The molecule has 0 saturated carbocycles. The van der Waals surface area contributed by atoms with Gasteiger partial charge in [-0.3, -0.25) is 0 Å². The van der Waals surface area contributed by atoms with E-state index in [1.807, 2.05) is 0 Å². The Morgan fingerprint density at radius 1 is 1.23 bits per heavy atom. The Morgan fingerprint density at radius 2 is 1.69 bits per heavy atom. The normalized spacial score (nSPS) is 10.0. The number of benzene rings is 1. The summed E-state index contributed by atoms with van der Waals surface area (Å²) in [5.74, 6) is -0.226. The third kappa shape index (κ3) is 7.25. The van der Waals surface area contributed by atoms with E-state index in [-0.39, 0.29) is 5.75 Å². The molecule has 0 aliphatic rings. The summed E-state index contributed by atoms with van der Waals surface area (Å²) in [5.41, 5.74) is 0. The molecule has 0 saturated heterocycles. The van der Waals surface area contributed by atoms with Crippen LogP contribution in [0.25, 0.3) is 0 Å². The van der Waals surface area contributed by atoms with Gasteiger partial charge in [0.05, 0.1) is 0 Å². The Labute approximate surface area is 94.5 Å². The Kier molecular flexibility index (Phi) is 6.68. The van der Waals surface area contributed by atoms with Crippen molar-refractivity contribution in [2.75, 3.05) is 0 Å². The molecule has 6 heteroatoms. The fourth-order valence-electron chi connectivity index (χ4n) is 0.573. The second kappa shape index (κ2) is 6.59. The van der Waals surface area contributed by atoms with E-state index in [0.717, 1.165) is 0 Å². The van der Waals surface area contributed by atoms with Crippen LogP contribution in [0.3, 0.4) is 0 Å². The predicted molar refractivity (Wildman–Crippen MR) is 46.0 cm³/mol. The molecule has 0 aromatic heterocycles. The third-order valence-corrected chi connectivity index (χ3v) is 0.921. The molecule has 0 aliphatic carbocycles. The Morgan fingerprint density at radius 3 is 2.08 bits per heavy atom. The average molecular weight is 353 g/mol. The molecule has 0 unspecified atom stereocenters. The molecular weight excluding hydrogens is 349 g/mol. The number of hydrogen-bond donors (Lipinski definition) is 0. The van der Waals surface area contributed by atoms with Crippen LogP contribution >= 0.6 is 19.8 Å². The van der Waals surface area contributed by atoms with Crippen LogP contribution in [0.5, 0.6) is 5.75 Å². The molecular formula is C7H4F3IOZn. The summed E-state index contributed by atoms with van der Waals surface area (Å²) in [6.45, 7) is 0. The third-order valence-electron chi connectivity index (χ3n) is 0.921. The molecule has 1 aromatic carbocycles. The molecule has 0 aliphatic heterocycles. The van der Waals surface area contributed by atoms with Crippen molar-refractivity contribution in [3.8, 4) is 5.75 Å². The molecule has 1 nitrogen and oxygen atoms in total. The number of rotatable bonds is 1. The van der Waals surface area contributed by atoms with Crippen LogP contribution < -0.4 is 4.74 Å². The first kappa shape index (κ1) is 13.2. The Hall–Kier alpha value is 0.163. The molecule has 0 fully saturated rings. The summed E-state index contributed by atoms with van der Waals surface area (Å²) < 4.78 is 38.1. The zero-order chi connectivity index (χ0) is 10.3. The van der Waals surface area contributed by atoms with Crippen molar-refractivity contribution in [2.24, 2.45) is 0 Å². The van der Waals surface area contributed by atoms with Gasteiger partial charge < -0.3 is 4.74 Å². The van der Waals surface area contributed by atoms with Crippen molar-refractivity contribution < 1.29 is 32.7 Å². The summed E-state index contributed by atoms with van der Waals surface area (Å²) in [7, 11) is 0. The molecule has 0 atom stereocenters. The van der Waals surface area contributed by atoms with Crippen LogP contribution in [0.1, 0.15) is 0 Å². The van der Waals surface area contributed by atoms with Gasteiger partial charge in [0.2, 0.25) is 0 Å². The van der Waals surface area contributed by atoms with E-state index < -0.39 is 6.36 Å². The van der Waals surface area contributed by atoms with E-state index in [2.05, 4.69) is 30.6 Å². The molecule has 0 radical (unpaired) electrons. The standard InChI is InChI=1S/C7H4F3O.HI.Zn/c8-7(9,10)11-6-4-2-1-3-5-6;;/h2-5H;1H;/q-1;;+2/p-1. The summed E-state index contributed by atoms with van der Waals surface area (Å²) in [6, 6.07) is 7.64. The maximum absolute atomic E-state index is 11.5. The van der Waals surface area contributed by atoms with Crippen LogP contribution in [-0.2, 0) is 14.8 Å². The van der Waals surface area contributed by atoms with Gasteiger partial charge in [-0.2, -0.15) is 18.2 Å². The Balaban J connectivity index is 0.000000671. The maximum atomic E-state index is 11.5. The van der Waals surface area contributed by atoms with Gasteiger partial charge in [-0.1, -0.05) is 0 Å². The molecule has 13 heavy (non-hydrogen) atoms. The van der Waals surface area contributed by atoms with E-state index in [1.54, 1.807) is 0 Å². The van der Waals surface area contributed by atoms with Crippen molar-refractivity contribution in [3.05, 3.63) is 30.3 Å². The average Bonchev–Trinajstić information content (AvgIpc) is 2.07. The summed E-state index contributed by atoms with van der Waals surface area (Å²) in [4.78, 5) is 0. The van der Waals surface area contributed by atoms with Gasteiger partial charge in [-0.25, -0.2) is 0 Å². The van der Waals surface area contributed by atoms with Gasteiger partial charge in [0.1, 0.15) is 0 Å². The van der Waals surface area contributed by atoms with Gasteiger partial charge in [0.15, 0.2) is 0 Å². The molecule has 0 amide bonds. The molecule has 1 aromatic rings. The van der Waals surface area contributed by atoms with Gasteiger partial charge >= 0.3 is 40.9 Å². The monoisotopic (exact) mass is 352 g/mol. The molecule has 68 valence electrons. The van der Waals surface area contributed by atoms with Crippen molar-refractivity contribution in [3.63, 3.8) is 0 Å². The van der Waals surface area contributed by atoms with Crippen molar-refractivity contribution in [2.45, 2.75) is 6.36 Å². The number of alkyl halides is 3. The van der Waals surface area contributed by atoms with Crippen LogP contribution in [0.4, 0.5) is 13.2 Å². The summed E-state index contributed by atoms with van der Waals surface area (Å²) in [6.07, 6.45) is -4.61. The van der Waals surface area contributed by atoms with Gasteiger partial charge in [0, 0.05) is 5.75 Å². The topological polar surface area (TPSA) is 9.23 Å².